The second-order valence-electron chi connectivity index (χ2n) is 2.23. The molecule has 0 amide bonds. The van der Waals surface area contributed by atoms with Gasteiger partial charge in [0.1, 0.15) is 17.1 Å². The largest absolute Gasteiger partial charge is 0.364 e. The van der Waals surface area contributed by atoms with Crippen molar-refractivity contribution in [2.75, 3.05) is 0 Å². The lowest BCUT2D eigenvalue weighted by atomic mass is 10.3. The van der Waals surface area contributed by atoms with Crippen LogP contribution in [-0.4, -0.2) is 10.1 Å². The summed E-state index contributed by atoms with van der Waals surface area (Å²) in [6.45, 7) is 0. The third-order valence-electron chi connectivity index (χ3n) is 1.42. The van der Waals surface area contributed by atoms with E-state index in [0.717, 1.165) is 5.69 Å². The minimum absolute atomic E-state index is 0.454. The Morgan fingerprint density at radius 3 is 2.75 bits per heavy atom. The second-order valence-corrected chi connectivity index (χ2v) is 2.62. The first-order valence-corrected chi connectivity index (χ1v) is 3.77. The van der Waals surface area contributed by atoms with E-state index in [1.807, 2.05) is 12.1 Å². The van der Waals surface area contributed by atoms with Crippen molar-refractivity contribution < 1.29 is 4.52 Å². The quantitative estimate of drug-likeness (QED) is 0.633. The number of hydrogen-bond donors (Lipinski definition) is 0. The fourth-order valence-corrected chi connectivity index (χ4v) is 1.06. The molecule has 0 aliphatic rings. The van der Waals surface area contributed by atoms with E-state index < -0.39 is 0 Å². The Kier molecular flexibility index (Phi) is 1.80. The highest BCUT2D eigenvalue weighted by Gasteiger charge is 2.01. The molecule has 0 unspecified atom stereocenters. The molecule has 0 aromatic carbocycles. The van der Waals surface area contributed by atoms with Gasteiger partial charge >= 0.3 is 0 Å². The summed E-state index contributed by atoms with van der Waals surface area (Å²) < 4.78 is 4.68. The van der Waals surface area contributed by atoms with Gasteiger partial charge in [0.15, 0.2) is 0 Å². The minimum Gasteiger partial charge on any atom is -0.364 e. The topological polar surface area (TPSA) is 38.9 Å². The molecule has 0 aliphatic heterocycles. The van der Waals surface area contributed by atoms with Crippen LogP contribution in [-0.2, 0) is 0 Å². The Labute approximate surface area is 74.0 Å². The minimum atomic E-state index is 0.454. The lowest BCUT2D eigenvalue weighted by molar-refractivity contribution is 0.422. The van der Waals surface area contributed by atoms with Crippen LogP contribution < -0.4 is 0 Å². The molecule has 4 heteroatoms. The smallest absolute Gasteiger partial charge is 0.132 e. The first kappa shape index (κ1) is 7.31. The molecular weight excluding hydrogens is 176 g/mol. The number of hydrogen-bond acceptors (Lipinski definition) is 3. The molecule has 3 nitrogen and oxygen atoms in total. The number of pyridine rings is 1. The molecule has 0 atom stereocenters. The predicted octanol–water partition coefficient (Wildman–Crippen LogP) is 2.39. The fourth-order valence-electron chi connectivity index (χ4n) is 0.896. The highest BCUT2D eigenvalue weighted by Crippen LogP contribution is 2.15. The van der Waals surface area contributed by atoms with Gasteiger partial charge in [-0.3, -0.25) is 0 Å². The van der Waals surface area contributed by atoms with Gasteiger partial charge in [-0.25, -0.2) is 4.98 Å². The summed E-state index contributed by atoms with van der Waals surface area (Å²) in [5.74, 6) is 0. The van der Waals surface area contributed by atoms with Gasteiger partial charge in [0.25, 0.3) is 0 Å². The summed E-state index contributed by atoms with van der Waals surface area (Å²) in [7, 11) is 0. The van der Waals surface area contributed by atoms with E-state index in [1.165, 1.54) is 6.26 Å². The molecule has 0 radical (unpaired) electrons. The van der Waals surface area contributed by atoms with Crippen LogP contribution in [0.4, 0.5) is 0 Å². The van der Waals surface area contributed by atoms with Crippen LogP contribution in [0.2, 0.25) is 5.15 Å². The molecule has 2 rings (SSSR count). The van der Waals surface area contributed by atoms with Gasteiger partial charge in [-0.15, -0.1) is 0 Å². The first-order chi connectivity index (χ1) is 5.86. The average molecular weight is 181 g/mol. The molecule has 2 aromatic heterocycles. The first-order valence-electron chi connectivity index (χ1n) is 3.39. The summed E-state index contributed by atoms with van der Waals surface area (Å²) in [6.07, 6.45) is 1.50. The summed E-state index contributed by atoms with van der Waals surface area (Å²) in [4.78, 5) is 4.06. The van der Waals surface area contributed by atoms with E-state index in [0.29, 0.717) is 10.8 Å². The van der Waals surface area contributed by atoms with Crippen LogP contribution >= 0.6 is 11.6 Å². The van der Waals surface area contributed by atoms with E-state index in [-0.39, 0.29) is 0 Å². The van der Waals surface area contributed by atoms with Crippen molar-refractivity contribution in [1.29, 1.82) is 0 Å². The summed E-state index contributed by atoms with van der Waals surface area (Å²) in [5, 5.41) is 4.19. The van der Waals surface area contributed by atoms with Gasteiger partial charge in [0, 0.05) is 6.07 Å². The molecule has 0 spiro atoms. The standard InChI is InChI=1S/C8H5ClN2O/c9-8-3-1-2-6(10-8)7-4-5-12-11-7/h1-5H. The van der Waals surface area contributed by atoms with Gasteiger partial charge in [0.2, 0.25) is 0 Å². The SMILES string of the molecule is Clc1cccc(-c2ccon2)n1. The molecule has 0 aliphatic carbocycles. The van der Waals surface area contributed by atoms with E-state index in [9.17, 15) is 0 Å². The Hall–Kier alpha value is -1.35. The monoisotopic (exact) mass is 180 g/mol. The zero-order valence-corrected chi connectivity index (χ0v) is 6.82. The van der Waals surface area contributed by atoms with Gasteiger partial charge in [-0.05, 0) is 12.1 Å². The highest BCUT2D eigenvalue weighted by molar-refractivity contribution is 6.29. The third-order valence-corrected chi connectivity index (χ3v) is 1.63. The van der Waals surface area contributed by atoms with E-state index in [1.54, 1.807) is 12.1 Å². The second kappa shape index (κ2) is 2.95. The molecule has 0 bridgehead atoms. The van der Waals surface area contributed by atoms with Crippen molar-refractivity contribution in [3.63, 3.8) is 0 Å². The zero-order valence-electron chi connectivity index (χ0n) is 6.07. The molecule has 0 N–H and O–H groups in total. The number of halogens is 1. The number of rotatable bonds is 1. The van der Waals surface area contributed by atoms with Crippen molar-refractivity contribution in [2.24, 2.45) is 0 Å². The van der Waals surface area contributed by atoms with Crippen LogP contribution in [0.3, 0.4) is 0 Å². The number of nitrogens with zero attached hydrogens (tertiary/aromatic N) is 2. The van der Waals surface area contributed by atoms with Gasteiger partial charge in [0.05, 0.1) is 5.69 Å². The van der Waals surface area contributed by atoms with Crippen LogP contribution in [0.5, 0.6) is 0 Å². The van der Waals surface area contributed by atoms with Crippen molar-refractivity contribution in [2.45, 2.75) is 0 Å². The summed E-state index contributed by atoms with van der Waals surface area (Å²) in [5.41, 5.74) is 1.41. The highest BCUT2D eigenvalue weighted by atomic mass is 35.5. The molecule has 60 valence electrons. The van der Waals surface area contributed by atoms with Crippen molar-refractivity contribution in [1.82, 2.24) is 10.1 Å². The molecule has 0 saturated carbocycles. The Balaban J connectivity index is 2.48. The molecule has 0 saturated heterocycles. The maximum Gasteiger partial charge on any atom is 0.132 e. The van der Waals surface area contributed by atoms with Crippen LogP contribution in [0.25, 0.3) is 11.4 Å². The van der Waals surface area contributed by atoms with Crippen molar-refractivity contribution in [3.05, 3.63) is 35.7 Å². The van der Waals surface area contributed by atoms with E-state index in [4.69, 9.17) is 11.6 Å². The van der Waals surface area contributed by atoms with Crippen molar-refractivity contribution in [3.8, 4) is 11.4 Å². The molecule has 2 heterocycles. The van der Waals surface area contributed by atoms with Crippen LogP contribution in [0, 0.1) is 0 Å². The predicted molar refractivity (Wildman–Crippen MR) is 44.7 cm³/mol. The third kappa shape index (κ3) is 1.31. The lowest BCUT2D eigenvalue weighted by Crippen LogP contribution is -1.82. The van der Waals surface area contributed by atoms with Gasteiger partial charge in [-0.2, -0.15) is 0 Å². The molecule has 2 aromatic rings. The molecule has 12 heavy (non-hydrogen) atoms. The van der Waals surface area contributed by atoms with Crippen LogP contribution in [0.15, 0.2) is 35.1 Å². The Morgan fingerprint density at radius 1 is 1.17 bits per heavy atom. The maximum absolute atomic E-state index is 5.69. The summed E-state index contributed by atoms with van der Waals surface area (Å²) in [6, 6.07) is 7.09. The summed E-state index contributed by atoms with van der Waals surface area (Å²) >= 11 is 5.69. The lowest BCUT2D eigenvalue weighted by Gasteiger charge is -1.93. The normalized spacial score (nSPS) is 10.1. The Morgan fingerprint density at radius 2 is 2.08 bits per heavy atom. The zero-order chi connectivity index (χ0) is 8.39. The Bertz CT molecular complexity index is 372. The fraction of sp³-hybridized carbons (Fsp3) is 0. The van der Waals surface area contributed by atoms with E-state index in [2.05, 4.69) is 14.7 Å². The van der Waals surface area contributed by atoms with Gasteiger partial charge < -0.3 is 4.52 Å². The average Bonchev–Trinajstić information content (AvgIpc) is 2.56. The molecule has 0 fully saturated rings. The van der Waals surface area contributed by atoms with E-state index >= 15 is 0 Å². The maximum atomic E-state index is 5.69. The van der Waals surface area contributed by atoms with Gasteiger partial charge in [-0.1, -0.05) is 22.8 Å². The van der Waals surface area contributed by atoms with Crippen LogP contribution in [0.1, 0.15) is 0 Å². The van der Waals surface area contributed by atoms with Crippen molar-refractivity contribution >= 4 is 11.6 Å². The molecular formula is C8H5ClN2O. The number of aromatic nitrogens is 2.